The first kappa shape index (κ1) is 25.8. The van der Waals surface area contributed by atoms with Crippen molar-refractivity contribution >= 4 is 23.3 Å². The number of aryl methyl sites for hydroxylation is 2. The van der Waals surface area contributed by atoms with E-state index in [-0.39, 0.29) is 12.6 Å². The number of carbonyl (C=O) groups is 2. The van der Waals surface area contributed by atoms with Crippen molar-refractivity contribution in [2.45, 2.75) is 32.9 Å². The summed E-state index contributed by atoms with van der Waals surface area (Å²) in [6.45, 7) is 4.58. The number of hydrogen-bond donors (Lipinski definition) is 0. The first-order valence-electron chi connectivity index (χ1n) is 12.0. The molecule has 0 saturated carbocycles. The Hall–Kier alpha value is -4.33. The van der Waals surface area contributed by atoms with Crippen molar-refractivity contribution in [3.05, 3.63) is 101 Å². The van der Waals surface area contributed by atoms with Crippen molar-refractivity contribution in [2.24, 2.45) is 4.99 Å². The van der Waals surface area contributed by atoms with Gasteiger partial charge in [-0.15, -0.1) is 4.99 Å². The van der Waals surface area contributed by atoms with E-state index in [1.54, 1.807) is 0 Å². The summed E-state index contributed by atoms with van der Waals surface area (Å²) >= 11 is 0. The molecule has 4 rings (SSSR count). The quantitative estimate of drug-likeness (QED) is 0.319. The van der Waals surface area contributed by atoms with Gasteiger partial charge in [-0.1, -0.05) is 71.8 Å². The van der Waals surface area contributed by atoms with Crippen molar-refractivity contribution < 1.29 is 23.8 Å². The molecule has 4 aromatic rings. The first-order valence-corrected chi connectivity index (χ1v) is 12.0. The van der Waals surface area contributed by atoms with E-state index in [0.29, 0.717) is 18.6 Å². The van der Waals surface area contributed by atoms with E-state index < -0.39 is 12.2 Å². The Kier molecular flexibility index (Phi) is 8.08. The lowest BCUT2D eigenvalue weighted by atomic mass is 10.0. The SMILES string of the molecule is COC(=O)N=c1n(Cc2ccc(C)cc2)c2ccccc2n1C(COC(=O)OC)Cc1ccc(C)cc1. The molecule has 0 bridgehead atoms. The van der Waals surface area contributed by atoms with Crippen LogP contribution >= 0.6 is 0 Å². The summed E-state index contributed by atoms with van der Waals surface area (Å²) in [5, 5.41) is 0. The van der Waals surface area contributed by atoms with Gasteiger partial charge in [-0.05, 0) is 43.5 Å². The fraction of sp³-hybridized carbons (Fsp3) is 0.276. The molecule has 0 aliphatic rings. The van der Waals surface area contributed by atoms with Crippen LogP contribution in [0.5, 0.6) is 0 Å². The molecule has 0 saturated heterocycles. The molecule has 3 aromatic carbocycles. The molecular formula is C29H31N3O5. The molecule has 0 fully saturated rings. The van der Waals surface area contributed by atoms with E-state index >= 15 is 0 Å². The van der Waals surface area contributed by atoms with Crippen LogP contribution in [0.15, 0.2) is 77.8 Å². The highest BCUT2D eigenvalue weighted by atomic mass is 16.7. The van der Waals surface area contributed by atoms with Crippen LogP contribution in [-0.4, -0.2) is 42.2 Å². The summed E-state index contributed by atoms with van der Waals surface area (Å²) in [5.41, 5.74) is 6.56. The lowest BCUT2D eigenvalue weighted by Gasteiger charge is -2.20. The zero-order valence-electron chi connectivity index (χ0n) is 21.5. The molecule has 1 heterocycles. The third kappa shape index (κ3) is 6.09. The normalized spacial score (nSPS) is 12.4. The molecule has 0 aliphatic heterocycles. The largest absolute Gasteiger partial charge is 0.508 e. The minimum Gasteiger partial charge on any atom is -0.451 e. The van der Waals surface area contributed by atoms with Gasteiger partial charge < -0.3 is 23.3 Å². The number of amides is 1. The second kappa shape index (κ2) is 11.6. The monoisotopic (exact) mass is 501 g/mol. The molecule has 0 N–H and O–H groups in total. The van der Waals surface area contributed by atoms with E-state index in [1.165, 1.54) is 14.2 Å². The average Bonchev–Trinajstić information content (AvgIpc) is 3.21. The number of carbonyl (C=O) groups excluding carboxylic acids is 2. The molecule has 1 aromatic heterocycles. The van der Waals surface area contributed by atoms with Gasteiger partial charge in [0, 0.05) is 0 Å². The average molecular weight is 502 g/mol. The predicted octanol–water partition coefficient (Wildman–Crippen LogP) is 5.34. The minimum atomic E-state index is -0.774. The lowest BCUT2D eigenvalue weighted by Crippen LogP contribution is -2.34. The summed E-state index contributed by atoms with van der Waals surface area (Å²) in [6.07, 6.45) is -0.960. The van der Waals surface area contributed by atoms with Crippen molar-refractivity contribution in [3.8, 4) is 0 Å². The Bertz CT molecular complexity index is 1450. The van der Waals surface area contributed by atoms with E-state index in [4.69, 9.17) is 14.2 Å². The zero-order valence-corrected chi connectivity index (χ0v) is 21.5. The molecule has 1 unspecified atom stereocenters. The second-order valence-corrected chi connectivity index (χ2v) is 8.92. The number of methoxy groups -OCH3 is 2. The van der Waals surface area contributed by atoms with E-state index in [9.17, 15) is 9.59 Å². The molecule has 0 aliphatic carbocycles. The summed E-state index contributed by atoms with van der Waals surface area (Å²) in [7, 11) is 2.57. The summed E-state index contributed by atoms with van der Waals surface area (Å²) in [6, 6.07) is 23.8. The number of para-hydroxylation sites is 2. The number of benzene rings is 3. The predicted molar refractivity (Wildman–Crippen MR) is 140 cm³/mol. The Morgan fingerprint density at radius 3 is 2.00 bits per heavy atom. The molecule has 8 heteroatoms. The van der Waals surface area contributed by atoms with Crippen LogP contribution in [0.4, 0.5) is 9.59 Å². The number of nitrogens with zero attached hydrogens (tertiary/aromatic N) is 3. The number of aromatic nitrogens is 2. The van der Waals surface area contributed by atoms with Gasteiger partial charge in [0.15, 0.2) is 0 Å². The van der Waals surface area contributed by atoms with Gasteiger partial charge in [0.2, 0.25) is 5.62 Å². The highest BCUT2D eigenvalue weighted by Crippen LogP contribution is 2.23. The van der Waals surface area contributed by atoms with E-state index in [1.807, 2.05) is 71.5 Å². The Morgan fingerprint density at radius 1 is 0.811 bits per heavy atom. The smallest absolute Gasteiger partial charge is 0.451 e. The third-order valence-electron chi connectivity index (χ3n) is 6.23. The van der Waals surface area contributed by atoms with Gasteiger partial charge in [-0.25, -0.2) is 9.59 Å². The Labute approximate surface area is 215 Å². The number of ether oxygens (including phenoxy) is 3. The van der Waals surface area contributed by atoms with Crippen LogP contribution in [0, 0.1) is 13.8 Å². The van der Waals surface area contributed by atoms with Crippen LogP contribution in [0.1, 0.15) is 28.3 Å². The van der Waals surface area contributed by atoms with Crippen LogP contribution in [0.25, 0.3) is 11.0 Å². The van der Waals surface area contributed by atoms with Gasteiger partial charge in [0.1, 0.15) is 6.61 Å². The van der Waals surface area contributed by atoms with Crippen LogP contribution in [-0.2, 0) is 27.2 Å². The van der Waals surface area contributed by atoms with Gasteiger partial charge in [-0.2, -0.15) is 0 Å². The van der Waals surface area contributed by atoms with Crippen LogP contribution in [0.2, 0.25) is 0 Å². The topological polar surface area (TPSA) is 84.0 Å². The van der Waals surface area contributed by atoms with E-state index in [0.717, 1.165) is 33.3 Å². The fourth-order valence-corrected chi connectivity index (χ4v) is 4.32. The number of fused-ring (bicyclic) bond motifs is 1. The second-order valence-electron chi connectivity index (χ2n) is 8.92. The molecule has 0 radical (unpaired) electrons. The summed E-state index contributed by atoms with van der Waals surface area (Å²) in [5.74, 6) is 0. The van der Waals surface area contributed by atoms with E-state index in [2.05, 4.69) is 29.3 Å². The fourth-order valence-electron chi connectivity index (χ4n) is 4.32. The molecule has 8 nitrogen and oxygen atoms in total. The van der Waals surface area contributed by atoms with Crippen LogP contribution < -0.4 is 5.62 Å². The number of hydrogen-bond acceptors (Lipinski definition) is 5. The van der Waals surface area contributed by atoms with Gasteiger partial charge in [0.25, 0.3) is 0 Å². The molecular weight excluding hydrogens is 470 g/mol. The maximum Gasteiger partial charge on any atom is 0.508 e. The van der Waals surface area contributed by atoms with Crippen molar-refractivity contribution in [1.29, 1.82) is 0 Å². The zero-order chi connectivity index (χ0) is 26.4. The maximum atomic E-state index is 12.5. The molecule has 1 atom stereocenters. The Balaban J connectivity index is 1.92. The maximum absolute atomic E-state index is 12.5. The minimum absolute atomic E-state index is 0.0213. The lowest BCUT2D eigenvalue weighted by molar-refractivity contribution is 0.0610. The molecule has 0 spiro atoms. The molecule has 192 valence electrons. The van der Waals surface area contributed by atoms with Gasteiger partial charge in [0.05, 0.1) is 37.8 Å². The standard InChI is InChI=1S/C29H31N3O5/c1-20-9-13-22(14-10-20)17-24(19-37-29(34)36-4)32-26-8-6-5-7-25(26)31(27(32)30-28(33)35-3)18-23-15-11-21(2)12-16-23/h5-16,24H,17-19H2,1-4H3. The van der Waals surface area contributed by atoms with Gasteiger partial charge >= 0.3 is 12.2 Å². The molecule has 1 amide bonds. The summed E-state index contributed by atoms with van der Waals surface area (Å²) < 4.78 is 19.0. The number of rotatable bonds is 7. The number of imidazole rings is 1. The van der Waals surface area contributed by atoms with Crippen LogP contribution in [0.3, 0.4) is 0 Å². The highest BCUT2D eigenvalue weighted by molar-refractivity contribution is 5.77. The first-order chi connectivity index (χ1) is 17.9. The highest BCUT2D eigenvalue weighted by Gasteiger charge is 2.23. The molecule has 37 heavy (non-hydrogen) atoms. The third-order valence-corrected chi connectivity index (χ3v) is 6.23. The Morgan fingerprint density at radius 2 is 1.41 bits per heavy atom. The van der Waals surface area contributed by atoms with Crippen molar-refractivity contribution in [3.63, 3.8) is 0 Å². The van der Waals surface area contributed by atoms with Crippen molar-refractivity contribution in [2.75, 3.05) is 20.8 Å². The summed E-state index contributed by atoms with van der Waals surface area (Å²) in [4.78, 5) is 28.7. The van der Waals surface area contributed by atoms with Gasteiger partial charge in [-0.3, -0.25) is 0 Å². The van der Waals surface area contributed by atoms with Crippen molar-refractivity contribution in [1.82, 2.24) is 9.13 Å².